The summed E-state index contributed by atoms with van der Waals surface area (Å²) in [5, 5.41) is 28.7. The van der Waals surface area contributed by atoms with E-state index in [2.05, 4.69) is 10.3 Å². The minimum Gasteiger partial charge on any atom is -0.494 e. The molecule has 8 heteroatoms. The number of esters is 1. The van der Waals surface area contributed by atoms with Crippen molar-refractivity contribution in [3.05, 3.63) is 63.6 Å². The summed E-state index contributed by atoms with van der Waals surface area (Å²) < 4.78 is 7.31. The fourth-order valence-electron chi connectivity index (χ4n) is 4.56. The van der Waals surface area contributed by atoms with Gasteiger partial charge in [0.15, 0.2) is 11.8 Å². The molecule has 176 valence electrons. The number of hydrogen-bond donors (Lipinski definition) is 3. The molecule has 0 fully saturated rings. The zero-order valence-corrected chi connectivity index (χ0v) is 20.4. The van der Waals surface area contributed by atoms with Crippen LogP contribution in [0.15, 0.2) is 41.9 Å². The van der Waals surface area contributed by atoms with Crippen LogP contribution in [0.3, 0.4) is 0 Å². The number of ether oxygens (including phenoxy) is 1. The minimum atomic E-state index is -1.32. The maximum atomic E-state index is 13.7. The van der Waals surface area contributed by atoms with Crippen LogP contribution in [-0.2, 0) is 21.6 Å². The first-order valence-electron chi connectivity index (χ1n) is 11.1. The molecule has 0 unspecified atom stereocenters. The fraction of sp³-hybridized carbons (Fsp3) is 0.440. The molecule has 3 N–H and O–H groups in total. The first kappa shape index (κ1) is 23.3. The fourth-order valence-corrected chi connectivity index (χ4v) is 5.25. The largest absolute Gasteiger partial charge is 0.494 e. The molecule has 0 saturated carbocycles. The zero-order valence-electron chi connectivity index (χ0n) is 19.6. The lowest BCUT2D eigenvalue weighted by molar-refractivity contribution is -0.164. The molecule has 0 spiro atoms. The van der Waals surface area contributed by atoms with Gasteiger partial charge in [-0.1, -0.05) is 44.2 Å². The highest BCUT2D eigenvalue weighted by atomic mass is 32.1. The standard InChI is InChI=1S/C25H31N3O4S/c1-15(2)13-25(23(31)32-24(3,4)5)18-17(19(27-25)20-26-11-12-33-20)21(29)28(22(18)30)14-16-9-7-6-8-10-16/h6-12,15,19,27,29-30H,13-14H2,1-5H3/t19-,25+/m1/s1. The summed E-state index contributed by atoms with van der Waals surface area (Å²) in [6.45, 7) is 9.76. The Labute approximate surface area is 198 Å². The van der Waals surface area contributed by atoms with E-state index in [4.69, 9.17) is 4.74 Å². The summed E-state index contributed by atoms with van der Waals surface area (Å²) in [6, 6.07) is 9.03. The maximum Gasteiger partial charge on any atom is 0.331 e. The highest BCUT2D eigenvalue weighted by molar-refractivity contribution is 7.09. The first-order valence-corrected chi connectivity index (χ1v) is 12.0. The number of nitrogens with one attached hydrogen (secondary N) is 1. The Morgan fingerprint density at radius 2 is 1.94 bits per heavy atom. The van der Waals surface area contributed by atoms with Gasteiger partial charge in [-0.15, -0.1) is 11.3 Å². The lowest BCUT2D eigenvalue weighted by Gasteiger charge is -2.34. The Morgan fingerprint density at radius 3 is 2.52 bits per heavy atom. The van der Waals surface area contributed by atoms with Crippen molar-refractivity contribution in [3.63, 3.8) is 0 Å². The smallest absolute Gasteiger partial charge is 0.331 e. The molecule has 0 radical (unpaired) electrons. The van der Waals surface area contributed by atoms with Crippen molar-refractivity contribution in [3.8, 4) is 11.8 Å². The first-order chi connectivity index (χ1) is 15.5. The van der Waals surface area contributed by atoms with Gasteiger partial charge in [0.25, 0.3) is 0 Å². The van der Waals surface area contributed by atoms with E-state index in [1.54, 1.807) is 6.20 Å². The third-order valence-electron chi connectivity index (χ3n) is 5.70. The Bertz CT molecular complexity index is 1130. The molecule has 2 aromatic heterocycles. The van der Waals surface area contributed by atoms with Gasteiger partial charge in [-0.2, -0.15) is 0 Å². The Balaban J connectivity index is 1.92. The second-order valence-electron chi connectivity index (χ2n) is 9.96. The number of benzene rings is 1. The second-order valence-corrected chi connectivity index (χ2v) is 10.9. The molecule has 0 aliphatic carbocycles. The van der Waals surface area contributed by atoms with Crippen LogP contribution in [0.5, 0.6) is 11.8 Å². The molecule has 1 aliphatic heterocycles. The average Bonchev–Trinajstić information content (AvgIpc) is 3.42. The lowest BCUT2D eigenvalue weighted by Crippen LogP contribution is -2.50. The molecule has 0 bridgehead atoms. The van der Waals surface area contributed by atoms with E-state index in [0.29, 0.717) is 22.6 Å². The van der Waals surface area contributed by atoms with E-state index < -0.39 is 23.2 Å². The summed E-state index contributed by atoms with van der Waals surface area (Å²) >= 11 is 1.43. The third kappa shape index (κ3) is 4.25. The van der Waals surface area contributed by atoms with Crippen molar-refractivity contribution >= 4 is 17.3 Å². The minimum absolute atomic E-state index is 0.0757. The highest BCUT2D eigenvalue weighted by Crippen LogP contribution is 2.54. The van der Waals surface area contributed by atoms with Crippen molar-refractivity contribution in [2.75, 3.05) is 0 Å². The van der Waals surface area contributed by atoms with Crippen molar-refractivity contribution in [1.29, 1.82) is 0 Å². The topological polar surface area (TPSA) is 96.6 Å². The normalized spacial score (nSPS) is 20.2. The van der Waals surface area contributed by atoms with Gasteiger partial charge < -0.3 is 14.9 Å². The molecule has 3 heterocycles. The lowest BCUT2D eigenvalue weighted by atomic mass is 9.84. The average molecular weight is 470 g/mol. The molecule has 0 saturated heterocycles. The molecule has 7 nitrogen and oxygen atoms in total. The van der Waals surface area contributed by atoms with Gasteiger partial charge in [0, 0.05) is 17.1 Å². The van der Waals surface area contributed by atoms with Gasteiger partial charge in [-0.3, -0.25) is 9.88 Å². The molecular formula is C25H31N3O4S. The van der Waals surface area contributed by atoms with E-state index in [1.807, 2.05) is 70.3 Å². The number of hydrogen-bond acceptors (Lipinski definition) is 7. The SMILES string of the molecule is CC(C)C[C@]1(C(=O)OC(C)(C)C)N[C@@H](c2nccs2)c2c1c(O)n(Cc1ccccc1)c2O. The van der Waals surface area contributed by atoms with Gasteiger partial charge in [0.05, 0.1) is 18.2 Å². The maximum absolute atomic E-state index is 13.7. The summed E-state index contributed by atoms with van der Waals surface area (Å²) in [4.78, 5) is 18.2. The summed E-state index contributed by atoms with van der Waals surface area (Å²) in [5.41, 5.74) is -0.269. The van der Waals surface area contributed by atoms with E-state index in [-0.39, 0.29) is 24.2 Å². The quantitative estimate of drug-likeness (QED) is 0.454. The molecule has 1 aromatic carbocycles. The molecule has 3 aromatic rings. The number of fused-ring (bicyclic) bond motifs is 1. The van der Waals surface area contributed by atoms with Gasteiger partial charge >= 0.3 is 5.97 Å². The summed E-state index contributed by atoms with van der Waals surface area (Å²) in [7, 11) is 0. The third-order valence-corrected chi connectivity index (χ3v) is 6.54. The zero-order chi connectivity index (χ0) is 24.0. The second kappa shape index (κ2) is 8.50. The monoisotopic (exact) mass is 469 g/mol. The predicted molar refractivity (Wildman–Crippen MR) is 127 cm³/mol. The highest BCUT2D eigenvalue weighted by Gasteiger charge is 2.57. The van der Waals surface area contributed by atoms with E-state index in [0.717, 1.165) is 5.56 Å². The number of aromatic nitrogens is 2. The number of aromatic hydroxyl groups is 2. The number of nitrogens with zero attached hydrogens (tertiary/aromatic N) is 2. The van der Waals surface area contributed by atoms with Crippen molar-refractivity contribution in [2.24, 2.45) is 5.92 Å². The molecule has 1 aliphatic rings. The van der Waals surface area contributed by atoms with Gasteiger partial charge in [-0.05, 0) is 38.7 Å². The van der Waals surface area contributed by atoms with Crippen LogP contribution >= 0.6 is 11.3 Å². The van der Waals surface area contributed by atoms with E-state index in [1.165, 1.54) is 15.9 Å². The predicted octanol–water partition coefficient (Wildman–Crippen LogP) is 4.68. The molecule has 33 heavy (non-hydrogen) atoms. The molecule has 0 amide bonds. The van der Waals surface area contributed by atoms with Crippen LogP contribution in [0, 0.1) is 5.92 Å². The Morgan fingerprint density at radius 1 is 1.24 bits per heavy atom. The number of carbonyl (C=O) groups is 1. The van der Waals surface area contributed by atoms with Crippen LogP contribution in [0.1, 0.15) is 68.8 Å². The van der Waals surface area contributed by atoms with Gasteiger partial charge in [0.1, 0.15) is 16.1 Å². The Kier molecular flexibility index (Phi) is 6.01. The summed E-state index contributed by atoms with van der Waals surface area (Å²) in [6.07, 6.45) is 2.08. The number of thiazole rings is 1. The van der Waals surface area contributed by atoms with E-state index in [9.17, 15) is 15.0 Å². The molecule has 2 atom stereocenters. The van der Waals surface area contributed by atoms with E-state index >= 15 is 0 Å². The Hall–Kier alpha value is -2.84. The number of carbonyl (C=O) groups excluding carboxylic acids is 1. The van der Waals surface area contributed by atoms with Crippen LogP contribution in [-0.4, -0.2) is 31.3 Å². The van der Waals surface area contributed by atoms with Gasteiger partial charge in [0.2, 0.25) is 0 Å². The van der Waals surface area contributed by atoms with Crippen molar-refractivity contribution < 1.29 is 19.7 Å². The van der Waals surface area contributed by atoms with Crippen LogP contribution in [0.4, 0.5) is 0 Å². The van der Waals surface area contributed by atoms with Crippen molar-refractivity contribution in [2.45, 2.75) is 64.8 Å². The van der Waals surface area contributed by atoms with Crippen LogP contribution in [0.25, 0.3) is 0 Å². The summed E-state index contributed by atoms with van der Waals surface area (Å²) in [5.74, 6) is -0.583. The molecular weight excluding hydrogens is 438 g/mol. The molecule has 4 rings (SSSR count). The van der Waals surface area contributed by atoms with Crippen LogP contribution in [0.2, 0.25) is 0 Å². The van der Waals surface area contributed by atoms with Gasteiger partial charge in [-0.25, -0.2) is 9.78 Å². The number of rotatable bonds is 6. The van der Waals surface area contributed by atoms with Crippen LogP contribution < -0.4 is 5.32 Å². The van der Waals surface area contributed by atoms with Crippen molar-refractivity contribution in [1.82, 2.24) is 14.9 Å².